The molecule has 3 heterocycles. The first-order chi connectivity index (χ1) is 14.3. The van der Waals surface area contributed by atoms with E-state index >= 15 is 0 Å². The second-order valence-corrected chi connectivity index (χ2v) is 8.79. The number of halogens is 3. The number of aromatic nitrogens is 3. The zero-order chi connectivity index (χ0) is 20.9. The van der Waals surface area contributed by atoms with Crippen LogP contribution in [0.15, 0.2) is 36.4 Å². The number of likely N-dealkylation sites (tertiary alicyclic amines) is 1. The lowest BCUT2D eigenvalue weighted by Gasteiger charge is -2.29. The topological polar surface area (TPSA) is 56.8 Å². The predicted molar refractivity (Wildman–Crippen MR) is 113 cm³/mol. The minimum absolute atomic E-state index is 0.480. The van der Waals surface area contributed by atoms with Gasteiger partial charge in [0.25, 0.3) is 0 Å². The van der Waals surface area contributed by atoms with Crippen molar-refractivity contribution < 1.29 is 13.2 Å². The number of alkyl halides is 3. The number of hydrogen-bond donors (Lipinski definition) is 2. The van der Waals surface area contributed by atoms with Crippen LogP contribution in [0.4, 0.5) is 24.3 Å². The summed E-state index contributed by atoms with van der Waals surface area (Å²) in [6.45, 7) is 2.20. The lowest BCUT2D eigenvalue weighted by Crippen LogP contribution is -2.29. The van der Waals surface area contributed by atoms with Gasteiger partial charge in [0.2, 0.25) is 5.95 Å². The Bertz CT molecular complexity index is 1200. The summed E-state index contributed by atoms with van der Waals surface area (Å²) in [6.07, 6.45) is -2.08. The van der Waals surface area contributed by atoms with Gasteiger partial charge in [-0.25, -0.2) is 9.97 Å². The molecule has 0 bridgehead atoms. The summed E-state index contributed by atoms with van der Waals surface area (Å²) in [4.78, 5) is 14.6. The lowest BCUT2D eigenvalue weighted by atomic mass is 9.89. The monoisotopic (exact) mass is 431 g/mol. The molecule has 5 nitrogen and oxygen atoms in total. The average Bonchev–Trinajstić information content (AvgIpc) is 3.29. The molecule has 0 aliphatic carbocycles. The maximum absolute atomic E-state index is 12.9. The number of aromatic amines is 1. The standard InChI is InChI=1S/C21H20F3N5S/c1-29-8-6-12(7-9-29)13-2-4-15-17(10-13)26-19(25-15)28-20-27-16-5-3-14(21(22,23)24)11-18(16)30-20/h2-5,10-12H,6-9H2,1H3,(H2,25,26,27,28). The van der Waals surface area contributed by atoms with Crippen molar-refractivity contribution in [1.82, 2.24) is 19.9 Å². The van der Waals surface area contributed by atoms with Gasteiger partial charge in [-0.1, -0.05) is 17.4 Å². The Kier molecular flexibility index (Phi) is 4.67. The van der Waals surface area contributed by atoms with E-state index < -0.39 is 11.7 Å². The van der Waals surface area contributed by atoms with Crippen LogP contribution in [0.25, 0.3) is 21.3 Å². The van der Waals surface area contributed by atoms with Crippen molar-refractivity contribution in [2.45, 2.75) is 24.9 Å². The summed E-state index contributed by atoms with van der Waals surface area (Å²) < 4.78 is 39.3. The summed E-state index contributed by atoms with van der Waals surface area (Å²) in [7, 11) is 2.15. The highest BCUT2D eigenvalue weighted by Gasteiger charge is 2.30. The van der Waals surface area contributed by atoms with Gasteiger partial charge in [0.1, 0.15) is 0 Å². The number of thiazole rings is 1. The zero-order valence-electron chi connectivity index (χ0n) is 16.3. The van der Waals surface area contributed by atoms with Crippen LogP contribution in [0, 0.1) is 0 Å². The third-order valence-electron chi connectivity index (χ3n) is 5.64. The molecule has 0 saturated carbocycles. The number of H-pyrrole nitrogens is 1. The molecule has 1 fully saturated rings. The molecule has 9 heteroatoms. The fourth-order valence-electron chi connectivity index (χ4n) is 3.93. The molecule has 2 aromatic carbocycles. The predicted octanol–water partition coefficient (Wildman–Crippen LogP) is 5.74. The van der Waals surface area contributed by atoms with Crippen molar-refractivity contribution >= 4 is 43.7 Å². The third kappa shape index (κ3) is 3.75. The van der Waals surface area contributed by atoms with Crippen molar-refractivity contribution in [3.05, 3.63) is 47.5 Å². The quantitative estimate of drug-likeness (QED) is 0.434. The van der Waals surface area contributed by atoms with Crippen molar-refractivity contribution in [3.8, 4) is 0 Å². The molecule has 0 radical (unpaired) electrons. The second-order valence-electron chi connectivity index (χ2n) is 7.76. The summed E-state index contributed by atoms with van der Waals surface area (Å²) in [5.41, 5.74) is 2.93. The molecule has 0 unspecified atom stereocenters. The van der Waals surface area contributed by atoms with E-state index in [1.165, 1.54) is 23.0 Å². The first kappa shape index (κ1) is 19.3. The van der Waals surface area contributed by atoms with E-state index in [0.717, 1.165) is 49.1 Å². The van der Waals surface area contributed by atoms with Gasteiger partial charge in [-0.3, -0.25) is 0 Å². The van der Waals surface area contributed by atoms with Gasteiger partial charge in [0.15, 0.2) is 5.13 Å². The Morgan fingerprint density at radius 1 is 1.07 bits per heavy atom. The number of nitrogens with zero attached hydrogens (tertiary/aromatic N) is 3. The van der Waals surface area contributed by atoms with Crippen molar-refractivity contribution in [3.63, 3.8) is 0 Å². The van der Waals surface area contributed by atoms with Crippen LogP contribution < -0.4 is 5.32 Å². The number of anilines is 2. The highest BCUT2D eigenvalue weighted by molar-refractivity contribution is 7.22. The number of piperidine rings is 1. The largest absolute Gasteiger partial charge is 0.416 e. The molecule has 2 N–H and O–H groups in total. The maximum Gasteiger partial charge on any atom is 0.416 e. The molecular weight excluding hydrogens is 411 g/mol. The molecule has 1 saturated heterocycles. The normalized spacial score (nSPS) is 16.5. The summed E-state index contributed by atoms with van der Waals surface area (Å²) >= 11 is 1.17. The molecule has 2 aromatic heterocycles. The molecule has 1 aliphatic heterocycles. The molecule has 156 valence electrons. The number of nitrogens with one attached hydrogen (secondary N) is 2. The van der Waals surface area contributed by atoms with Crippen LogP contribution in [0.2, 0.25) is 0 Å². The van der Waals surface area contributed by atoms with Crippen molar-refractivity contribution in [2.75, 3.05) is 25.5 Å². The second kappa shape index (κ2) is 7.24. The molecule has 0 amide bonds. The van der Waals surface area contributed by atoms with Gasteiger partial charge >= 0.3 is 6.18 Å². The van der Waals surface area contributed by atoms with Gasteiger partial charge in [0, 0.05) is 0 Å². The number of fused-ring (bicyclic) bond motifs is 2. The van der Waals surface area contributed by atoms with E-state index in [-0.39, 0.29) is 0 Å². The third-order valence-corrected chi connectivity index (χ3v) is 6.57. The van der Waals surface area contributed by atoms with Crippen LogP contribution in [0.5, 0.6) is 0 Å². The van der Waals surface area contributed by atoms with E-state index in [9.17, 15) is 13.2 Å². The van der Waals surface area contributed by atoms with Crippen LogP contribution in [-0.4, -0.2) is 40.0 Å². The smallest absolute Gasteiger partial charge is 0.324 e. The van der Waals surface area contributed by atoms with Gasteiger partial charge in [-0.05, 0) is 74.8 Å². The molecule has 4 aromatic rings. The van der Waals surface area contributed by atoms with E-state index in [2.05, 4.69) is 44.3 Å². The SMILES string of the molecule is CN1CCC(c2ccc3[nH]c(Nc4nc5ccc(C(F)(F)F)cc5s4)nc3c2)CC1. The number of benzene rings is 2. The number of imidazole rings is 1. The maximum atomic E-state index is 12.9. The van der Waals surface area contributed by atoms with Gasteiger partial charge in [0.05, 0.1) is 26.8 Å². The van der Waals surface area contributed by atoms with Crippen LogP contribution >= 0.6 is 11.3 Å². The first-order valence-corrected chi connectivity index (χ1v) is 10.6. The summed E-state index contributed by atoms with van der Waals surface area (Å²) in [6, 6.07) is 9.89. The Hall–Kier alpha value is -2.65. The molecule has 5 rings (SSSR count). The molecular formula is C21H20F3N5S. The minimum atomic E-state index is -4.37. The van der Waals surface area contributed by atoms with Gasteiger partial charge < -0.3 is 15.2 Å². The van der Waals surface area contributed by atoms with Gasteiger partial charge in [-0.15, -0.1) is 0 Å². The van der Waals surface area contributed by atoms with E-state index in [1.54, 1.807) is 0 Å². The first-order valence-electron chi connectivity index (χ1n) is 9.78. The van der Waals surface area contributed by atoms with E-state index in [4.69, 9.17) is 0 Å². The van der Waals surface area contributed by atoms with E-state index in [1.807, 2.05) is 6.07 Å². The van der Waals surface area contributed by atoms with Crippen LogP contribution in [0.1, 0.15) is 29.9 Å². The average molecular weight is 431 g/mol. The van der Waals surface area contributed by atoms with Crippen molar-refractivity contribution in [2.24, 2.45) is 0 Å². The molecule has 0 atom stereocenters. The Labute approximate surface area is 174 Å². The van der Waals surface area contributed by atoms with Crippen molar-refractivity contribution in [1.29, 1.82) is 0 Å². The number of hydrogen-bond acceptors (Lipinski definition) is 5. The molecule has 0 spiro atoms. The lowest BCUT2D eigenvalue weighted by molar-refractivity contribution is -0.137. The number of rotatable bonds is 3. The Morgan fingerprint density at radius 3 is 2.63 bits per heavy atom. The van der Waals surface area contributed by atoms with Crippen LogP contribution in [-0.2, 0) is 6.18 Å². The highest BCUT2D eigenvalue weighted by atomic mass is 32.1. The Balaban J connectivity index is 1.38. The highest BCUT2D eigenvalue weighted by Crippen LogP contribution is 2.35. The zero-order valence-corrected chi connectivity index (χ0v) is 17.1. The fourth-order valence-corrected chi connectivity index (χ4v) is 4.84. The molecule has 1 aliphatic rings. The summed E-state index contributed by atoms with van der Waals surface area (Å²) in [5, 5.41) is 3.60. The Morgan fingerprint density at radius 2 is 1.87 bits per heavy atom. The minimum Gasteiger partial charge on any atom is -0.324 e. The van der Waals surface area contributed by atoms with Crippen LogP contribution in [0.3, 0.4) is 0 Å². The summed E-state index contributed by atoms with van der Waals surface area (Å²) in [5.74, 6) is 1.08. The van der Waals surface area contributed by atoms with E-state index in [0.29, 0.717) is 27.2 Å². The molecule has 30 heavy (non-hydrogen) atoms. The van der Waals surface area contributed by atoms with Gasteiger partial charge in [-0.2, -0.15) is 13.2 Å². The fraction of sp³-hybridized carbons (Fsp3) is 0.333.